The summed E-state index contributed by atoms with van der Waals surface area (Å²) in [6.07, 6.45) is 5.11. The maximum atomic E-state index is 12.2. The fourth-order valence-corrected chi connectivity index (χ4v) is 4.26. The molecular formula is C21H25NO5S. The molecule has 0 aliphatic rings. The maximum Gasteiger partial charge on any atom is 0.161 e. The molecule has 1 heterocycles. The zero-order chi connectivity index (χ0) is 20.3. The Balaban J connectivity index is 2.14. The van der Waals surface area contributed by atoms with E-state index in [-0.39, 0.29) is 5.75 Å². The zero-order valence-corrected chi connectivity index (χ0v) is 17.3. The van der Waals surface area contributed by atoms with Crippen LogP contribution in [-0.2, 0) is 9.84 Å². The third-order valence-corrected chi connectivity index (χ3v) is 5.50. The zero-order valence-electron chi connectivity index (χ0n) is 16.5. The van der Waals surface area contributed by atoms with Gasteiger partial charge in [-0.25, -0.2) is 8.42 Å². The molecule has 0 aliphatic heterocycles. The summed E-state index contributed by atoms with van der Waals surface area (Å²) in [6, 6.07) is 10.9. The van der Waals surface area contributed by atoms with Gasteiger partial charge in [-0.2, -0.15) is 0 Å². The standard InChI is InChI=1S/C21H25NO5S/c1-5-27-21-11-15(9-10-20(21)26-3)18(14-28(4,23)24)22-12-16-7-6-8-19(25-2)17(16)13-22/h6-13,18H,5,14H2,1-4H3. The van der Waals surface area contributed by atoms with Gasteiger partial charge in [-0.1, -0.05) is 18.2 Å². The summed E-state index contributed by atoms with van der Waals surface area (Å²) in [5.74, 6) is 1.92. The van der Waals surface area contributed by atoms with Gasteiger partial charge >= 0.3 is 0 Å². The van der Waals surface area contributed by atoms with E-state index in [2.05, 4.69) is 0 Å². The van der Waals surface area contributed by atoms with E-state index in [1.807, 2.05) is 54.2 Å². The van der Waals surface area contributed by atoms with Gasteiger partial charge in [-0.15, -0.1) is 0 Å². The number of ether oxygens (including phenoxy) is 3. The molecule has 0 fully saturated rings. The highest BCUT2D eigenvalue weighted by atomic mass is 32.2. The van der Waals surface area contributed by atoms with Gasteiger partial charge in [0.2, 0.25) is 0 Å². The summed E-state index contributed by atoms with van der Waals surface area (Å²) in [5.41, 5.74) is 0.828. The van der Waals surface area contributed by atoms with Crippen LogP contribution in [-0.4, -0.2) is 45.8 Å². The lowest BCUT2D eigenvalue weighted by Crippen LogP contribution is -2.19. The van der Waals surface area contributed by atoms with Crippen molar-refractivity contribution in [2.75, 3.05) is 32.8 Å². The van der Waals surface area contributed by atoms with E-state index < -0.39 is 15.9 Å². The van der Waals surface area contributed by atoms with Crippen LogP contribution in [0.1, 0.15) is 18.5 Å². The maximum absolute atomic E-state index is 12.2. The number of sulfone groups is 1. The van der Waals surface area contributed by atoms with Gasteiger partial charge in [0.15, 0.2) is 11.5 Å². The number of rotatable bonds is 8. The second-order valence-electron chi connectivity index (χ2n) is 6.62. The van der Waals surface area contributed by atoms with Crippen molar-refractivity contribution < 1.29 is 22.6 Å². The smallest absolute Gasteiger partial charge is 0.161 e. The second kappa shape index (κ2) is 8.14. The lowest BCUT2D eigenvalue weighted by molar-refractivity contribution is 0.310. The average molecular weight is 404 g/mol. The van der Waals surface area contributed by atoms with Crippen molar-refractivity contribution in [3.63, 3.8) is 0 Å². The lowest BCUT2D eigenvalue weighted by atomic mass is 10.1. The van der Waals surface area contributed by atoms with Gasteiger partial charge in [-0.05, 0) is 30.7 Å². The Bertz CT molecular complexity index is 1070. The Kier molecular flexibility index (Phi) is 5.84. The van der Waals surface area contributed by atoms with E-state index in [9.17, 15) is 8.42 Å². The van der Waals surface area contributed by atoms with Gasteiger partial charge in [0.1, 0.15) is 15.6 Å². The Morgan fingerprint density at radius 1 is 1.00 bits per heavy atom. The highest BCUT2D eigenvalue weighted by Crippen LogP contribution is 2.34. The van der Waals surface area contributed by atoms with Crippen molar-refractivity contribution in [1.29, 1.82) is 0 Å². The molecule has 3 rings (SSSR count). The summed E-state index contributed by atoms with van der Waals surface area (Å²) in [4.78, 5) is 0. The number of benzene rings is 2. The Hall–Kier alpha value is -2.67. The van der Waals surface area contributed by atoms with Crippen LogP contribution in [0, 0.1) is 0 Å². The van der Waals surface area contributed by atoms with Crippen LogP contribution < -0.4 is 14.2 Å². The quantitative estimate of drug-likeness (QED) is 0.574. The summed E-state index contributed by atoms with van der Waals surface area (Å²) >= 11 is 0. The van der Waals surface area contributed by atoms with Crippen LogP contribution in [0.4, 0.5) is 0 Å². The van der Waals surface area contributed by atoms with E-state index in [1.165, 1.54) is 6.26 Å². The Morgan fingerprint density at radius 3 is 2.39 bits per heavy atom. The first-order chi connectivity index (χ1) is 13.4. The summed E-state index contributed by atoms with van der Waals surface area (Å²) in [6.45, 7) is 2.38. The topological polar surface area (TPSA) is 66.8 Å². The number of nitrogens with zero attached hydrogens (tertiary/aromatic N) is 1. The molecule has 28 heavy (non-hydrogen) atoms. The largest absolute Gasteiger partial charge is 0.496 e. The molecule has 0 N–H and O–H groups in total. The number of hydrogen-bond acceptors (Lipinski definition) is 5. The molecule has 0 radical (unpaired) electrons. The SMILES string of the molecule is CCOc1cc(C(CS(C)(=O)=O)n2cc3cccc(OC)c3c2)ccc1OC. The summed E-state index contributed by atoms with van der Waals surface area (Å²) < 4.78 is 42.7. The highest BCUT2D eigenvalue weighted by molar-refractivity contribution is 7.90. The molecule has 1 atom stereocenters. The van der Waals surface area contributed by atoms with Crippen LogP contribution >= 0.6 is 0 Å². The average Bonchev–Trinajstić information content (AvgIpc) is 3.09. The molecule has 0 bridgehead atoms. The van der Waals surface area contributed by atoms with E-state index >= 15 is 0 Å². The Labute approximate surface area is 165 Å². The first-order valence-corrected chi connectivity index (χ1v) is 11.0. The molecule has 0 spiro atoms. The van der Waals surface area contributed by atoms with Gasteiger partial charge in [-0.3, -0.25) is 0 Å². The molecule has 3 aromatic rings. The summed E-state index contributed by atoms with van der Waals surface area (Å²) in [5, 5.41) is 1.92. The van der Waals surface area contributed by atoms with Crippen LogP contribution in [0.2, 0.25) is 0 Å². The van der Waals surface area contributed by atoms with Crippen LogP contribution in [0.3, 0.4) is 0 Å². The molecular weight excluding hydrogens is 378 g/mol. The van der Waals surface area contributed by atoms with Crippen molar-refractivity contribution in [3.8, 4) is 17.2 Å². The minimum Gasteiger partial charge on any atom is -0.496 e. The molecule has 0 aliphatic carbocycles. The third kappa shape index (κ3) is 4.25. The number of methoxy groups -OCH3 is 2. The van der Waals surface area contributed by atoms with Gasteiger partial charge in [0.05, 0.1) is 32.6 Å². The molecule has 1 aromatic heterocycles. The number of fused-ring (bicyclic) bond motifs is 1. The van der Waals surface area contributed by atoms with Crippen LogP contribution in [0.25, 0.3) is 10.8 Å². The molecule has 7 heteroatoms. The molecule has 0 amide bonds. The molecule has 150 valence electrons. The van der Waals surface area contributed by atoms with E-state index in [1.54, 1.807) is 20.3 Å². The molecule has 1 unspecified atom stereocenters. The lowest BCUT2D eigenvalue weighted by Gasteiger charge is -2.20. The second-order valence-corrected chi connectivity index (χ2v) is 8.80. The van der Waals surface area contributed by atoms with Gasteiger partial charge < -0.3 is 18.8 Å². The fraction of sp³-hybridized carbons (Fsp3) is 0.333. The normalized spacial score (nSPS) is 12.7. The highest BCUT2D eigenvalue weighted by Gasteiger charge is 2.22. The number of hydrogen-bond donors (Lipinski definition) is 0. The number of aromatic nitrogens is 1. The molecule has 6 nitrogen and oxygen atoms in total. The first kappa shape index (κ1) is 20.1. The van der Waals surface area contributed by atoms with Crippen molar-refractivity contribution in [2.24, 2.45) is 0 Å². The predicted molar refractivity (Wildman–Crippen MR) is 111 cm³/mol. The van der Waals surface area contributed by atoms with Crippen molar-refractivity contribution in [3.05, 3.63) is 54.4 Å². The molecule has 2 aromatic carbocycles. The minimum atomic E-state index is -3.24. The van der Waals surface area contributed by atoms with Crippen LogP contribution in [0.5, 0.6) is 17.2 Å². The predicted octanol–water partition coefficient (Wildman–Crippen LogP) is 3.69. The molecule has 0 saturated carbocycles. The van der Waals surface area contributed by atoms with E-state index in [0.29, 0.717) is 18.1 Å². The summed E-state index contributed by atoms with van der Waals surface area (Å²) in [7, 11) is -0.0350. The monoisotopic (exact) mass is 403 g/mol. The van der Waals surface area contributed by atoms with Gasteiger partial charge in [0, 0.05) is 29.4 Å². The first-order valence-electron chi connectivity index (χ1n) is 8.99. The van der Waals surface area contributed by atoms with E-state index in [0.717, 1.165) is 22.1 Å². The van der Waals surface area contributed by atoms with E-state index in [4.69, 9.17) is 14.2 Å². The Morgan fingerprint density at radius 2 is 1.75 bits per heavy atom. The molecule has 0 saturated heterocycles. The van der Waals surface area contributed by atoms with Crippen molar-refractivity contribution in [1.82, 2.24) is 4.57 Å². The van der Waals surface area contributed by atoms with Gasteiger partial charge in [0.25, 0.3) is 0 Å². The third-order valence-electron chi connectivity index (χ3n) is 4.58. The van der Waals surface area contributed by atoms with Crippen LogP contribution in [0.15, 0.2) is 48.8 Å². The van der Waals surface area contributed by atoms with Crippen molar-refractivity contribution in [2.45, 2.75) is 13.0 Å². The minimum absolute atomic E-state index is 0.0335. The fourth-order valence-electron chi connectivity index (χ4n) is 3.33. The van der Waals surface area contributed by atoms with Crippen molar-refractivity contribution >= 4 is 20.6 Å².